The number of rotatable bonds is 6. The van der Waals surface area contributed by atoms with Gasteiger partial charge in [0.05, 0.1) is 17.1 Å². The van der Waals surface area contributed by atoms with E-state index in [-0.39, 0.29) is 5.41 Å². The Labute approximate surface area is 377 Å². The van der Waals surface area contributed by atoms with Gasteiger partial charge in [-0.25, -0.2) is 0 Å². The van der Waals surface area contributed by atoms with Crippen LogP contribution in [0.5, 0.6) is 0 Å². The van der Waals surface area contributed by atoms with Crippen LogP contribution < -0.4 is 9.80 Å². The number of hydrogen-bond donors (Lipinski definition) is 0. The molecule has 0 aliphatic heterocycles. The van der Waals surface area contributed by atoms with E-state index in [2.05, 4.69) is 219 Å². The van der Waals surface area contributed by atoms with E-state index in [4.69, 9.17) is 8.83 Å². The molecule has 310 valence electrons. The zero-order chi connectivity index (χ0) is 43.6. The van der Waals surface area contributed by atoms with Crippen LogP contribution in [0.25, 0.3) is 76.5 Å². The zero-order valence-electron chi connectivity index (χ0n) is 36.7. The van der Waals surface area contributed by atoms with Crippen LogP contribution in [0, 0.1) is 13.8 Å². The van der Waals surface area contributed by atoms with E-state index >= 15 is 0 Å². The second kappa shape index (κ2) is 14.0. The van der Waals surface area contributed by atoms with Crippen molar-refractivity contribution in [2.24, 2.45) is 0 Å². The van der Waals surface area contributed by atoms with Crippen molar-refractivity contribution in [3.8, 4) is 11.1 Å². The SMILES string of the molecule is Cc1ccc(N(c2ccc3cc4c(cc3c2)C(C)(C)c2cc(N(c3ccc(C)cc3)c3cccc5c3oc3ccccc35)c3ccccc3c2-4)c2cccc3c2oc2ccccc23)cc1. The normalized spacial score (nSPS) is 13.0. The topological polar surface area (TPSA) is 32.8 Å². The Morgan fingerprint density at radius 1 is 0.369 bits per heavy atom. The first-order valence-corrected chi connectivity index (χ1v) is 22.5. The zero-order valence-corrected chi connectivity index (χ0v) is 36.7. The molecule has 0 fully saturated rings. The van der Waals surface area contributed by atoms with Crippen LogP contribution in [0.2, 0.25) is 0 Å². The van der Waals surface area contributed by atoms with E-state index < -0.39 is 0 Å². The fourth-order valence-electron chi connectivity index (χ4n) is 10.7. The third kappa shape index (κ3) is 5.63. The summed E-state index contributed by atoms with van der Waals surface area (Å²) in [7, 11) is 0. The molecule has 1 aliphatic carbocycles. The van der Waals surface area contributed by atoms with Crippen LogP contribution in [0.4, 0.5) is 34.1 Å². The molecular formula is C61H44N2O2. The summed E-state index contributed by atoms with van der Waals surface area (Å²) in [4.78, 5) is 4.76. The summed E-state index contributed by atoms with van der Waals surface area (Å²) in [5, 5.41) is 9.27. The monoisotopic (exact) mass is 836 g/mol. The van der Waals surface area contributed by atoms with Gasteiger partial charge < -0.3 is 18.6 Å². The fourth-order valence-corrected chi connectivity index (χ4v) is 10.7. The first-order valence-electron chi connectivity index (χ1n) is 22.5. The Bertz CT molecular complexity index is 3890. The van der Waals surface area contributed by atoms with Gasteiger partial charge in [0.15, 0.2) is 11.2 Å². The number of furan rings is 2. The Balaban J connectivity index is 1.01. The number of aryl methyl sites for hydroxylation is 2. The molecule has 65 heavy (non-hydrogen) atoms. The van der Waals surface area contributed by atoms with Crippen LogP contribution in [0.3, 0.4) is 0 Å². The van der Waals surface area contributed by atoms with Crippen molar-refractivity contribution in [3.63, 3.8) is 0 Å². The van der Waals surface area contributed by atoms with Gasteiger partial charge in [0, 0.05) is 49.4 Å². The molecule has 12 aromatic rings. The predicted molar refractivity (Wildman–Crippen MR) is 272 cm³/mol. The van der Waals surface area contributed by atoms with Gasteiger partial charge in [0.25, 0.3) is 0 Å². The van der Waals surface area contributed by atoms with E-state index in [1.807, 2.05) is 12.1 Å². The number of fused-ring (bicyclic) bond motifs is 12. The first kappa shape index (κ1) is 37.5. The second-order valence-electron chi connectivity index (χ2n) is 18.3. The summed E-state index contributed by atoms with van der Waals surface area (Å²) < 4.78 is 13.4. The van der Waals surface area contributed by atoms with Crippen molar-refractivity contribution in [3.05, 3.63) is 216 Å². The molecule has 0 bridgehead atoms. The van der Waals surface area contributed by atoms with E-state index in [0.717, 1.165) is 78.0 Å². The molecule has 0 saturated carbocycles. The predicted octanol–water partition coefficient (Wildman–Crippen LogP) is 17.7. The lowest BCUT2D eigenvalue weighted by molar-refractivity contribution is 0.661. The van der Waals surface area contributed by atoms with Crippen molar-refractivity contribution < 1.29 is 8.83 Å². The highest BCUT2D eigenvalue weighted by Crippen LogP contribution is 2.56. The average molecular weight is 837 g/mol. The molecule has 0 spiro atoms. The van der Waals surface area contributed by atoms with Crippen molar-refractivity contribution in [1.29, 1.82) is 0 Å². The highest BCUT2D eigenvalue weighted by molar-refractivity contribution is 6.15. The molecule has 10 aromatic carbocycles. The molecular weight excluding hydrogens is 793 g/mol. The lowest BCUT2D eigenvalue weighted by Crippen LogP contribution is -2.17. The van der Waals surface area contributed by atoms with Gasteiger partial charge in [-0.3, -0.25) is 0 Å². The van der Waals surface area contributed by atoms with E-state index in [9.17, 15) is 0 Å². The summed E-state index contributed by atoms with van der Waals surface area (Å²) in [6.45, 7) is 9.07. The molecule has 0 N–H and O–H groups in total. The number of hydrogen-bond acceptors (Lipinski definition) is 4. The second-order valence-corrected chi connectivity index (χ2v) is 18.3. The minimum atomic E-state index is -0.311. The minimum absolute atomic E-state index is 0.311. The molecule has 2 aromatic heterocycles. The van der Waals surface area contributed by atoms with E-state index in [0.29, 0.717) is 0 Å². The number of benzene rings is 10. The quantitative estimate of drug-likeness (QED) is 0.167. The third-order valence-electron chi connectivity index (χ3n) is 13.9. The highest BCUT2D eigenvalue weighted by Gasteiger charge is 2.38. The average Bonchev–Trinajstić information content (AvgIpc) is 3.98. The number of nitrogens with zero attached hydrogens (tertiary/aromatic N) is 2. The molecule has 0 amide bonds. The lowest BCUT2D eigenvalue weighted by atomic mass is 9.81. The maximum Gasteiger partial charge on any atom is 0.159 e. The summed E-state index contributed by atoms with van der Waals surface area (Å²) in [5.74, 6) is 0. The van der Waals surface area contributed by atoms with Crippen molar-refractivity contribution in [1.82, 2.24) is 0 Å². The molecule has 4 heteroatoms. The Morgan fingerprint density at radius 3 is 1.49 bits per heavy atom. The summed E-state index contributed by atoms with van der Waals surface area (Å²) in [5.41, 5.74) is 17.2. The van der Waals surface area contributed by atoms with E-state index in [1.165, 1.54) is 54.9 Å². The maximum atomic E-state index is 6.74. The smallest absolute Gasteiger partial charge is 0.159 e. The fraction of sp³-hybridized carbons (Fsp3) is 0.0820. The Kier molecular flexibility index (Phi) is 8.05. The third-order valence-corrected chi connectivity index (χ3v) is 13.9. The molecule has 13 rings (SSSR count). The lowest BCUT2D eigenvalue weighted by Gasteiger charge is -2.30. The van der Waals surface area contributed by atoms with Gasteiger partial charge in [-0.15, -0.1) is 0 Å². The number of anilines is 6. The van der Waals surface area contributed by atoms with Gasteiger partial charge in [-0.1, -0.05) is 140 Å². The summed E-state index contributed by atoms with van der Waals surface area (Å²) >= 11 is 0. The summed E-state index contributed by atoms with van der Waals surface area (Å²) in [6, 6.07) is 70.5. The largest absolute Gasteiger partial charge is 0.454 e. The molecule has 1 aliphatic rings. The van der Waals surface area contributed by atoms with E-state index in [1.54, 1.807) is 0 Å². The van der Waals surface area contributed by atoms with Gasteiger partial charge >= 0.3 is 0 Å². The Hall–Kier alpha value is -8.08. The van der Waals surface area contributed by atoms with Gasteiger partial charge in [-0.05, 0) is 131 Å². The van der Waals surface area contributed by atoms with Crippen molar-refractivity contribution in [2.75, 3.05) is 9.80 Å². The van der Waals surface area contributed by atoms with Crippen LogP contribution in [0.15, 0.2) is 203 Å². The molecule has 0 unspecified atom stereocenters. The maximum absolute atomic E-state index is 6.74. The van der Waals surface area contributed by atoms with Crippen LogP contribution in [0.1, 0.15) is 36.1 Å². The van der Waals surface area contributed by atoms with Crippen molar-refractivity contribution in [2.45, 2.75) is 33.1 Å². The van der Waals surface area contributed by atoms with Crippen LogP contribution in [-0.2, 0) is 5.41 Å². The van der Waals surface area contributed by atoms with Crippen LogP contribution in [-0.4, -0.2) is 0 Å². The summed E-state index contributed by atoms with van der Waals surface area (Å²) in [6.07, 6.45) is 0. The van der Waals surface area contributed by atoms with Gasteiger partial charge in [-0.2, -0.15) is 0 Å². The molecule has 4 nitrogen and oxygen atoms in total. The van der Waals surface area contributed by atoms with Crippen LogP contribution >= 0.6 is 0 Å². The molecule has 0 saturated heterocycles. The molecule has 0 atom stereocenters. The first-order chi connectivity index (χ1) is 31.8. The highest BCUT2D eigenvalue weighted by atomic mass is 16.3. The van der Waals surface area contributed by atoms with Gasteiger partial charge in [0.1, 0.15) is 11.2 Å². The minimum Gasteiger partial charge on any atom is -0.454 e. The molecule has 0 radical (unpaired) electrons. The van der Waals surface area contributed by atoms with Gasteiger partial charge in [0.2, 0.25) is 0 Å². The Morgan fingerprint density at radius 2 is 0.877 bits per heavy atom. The van der Waals surface area contributed by atoms with Crippen molar-refractivity contribution >= 4 is 99.5 Å². The number of para-hydroxylation sites is 4. The standard InChI is InChI=1S/C61H44N2O2/c1-37-23-28-41(29-24-37)62(53-19-11-17-48-45-14-7-9-21-56(45)64-59(48)53)43-32-27-39-34-50-51(35-40(39)33-43)61(3,4)52-36-55(44-13-5-6-16-47(44)58(50)52)63(42-30-25-38(2)26-31-42)54-20-12-18-49-46-15-8-10-22-57(46)65-60(49)54/h5-36H,1-4H3. The molecule has 2 heterocycles.